The Morgan fingerprint density at radius 1 is 0.608 bits per heavy atom. The van der Waals surface area contributed by atoms with Gasteiger partial charge in [-0.1, -0.05) is 12.1 Å². The minimum Gasteiger partial charge on any atom is -0.504 e. The molecule has 0 saturated carbocycles. The minimum atomic E-state index is -0.603. The molecule has 10 atom stereocenters. The molecule has 418 valence electrons. The smallest absolute Gasteiger partial charge is 0.308 e. The normalized spacial score (nSPS) is 26.5. The SMILES string of the molecule is COCOc1c(OC)c(C)cc2c1[C@@H]1[C@@H]3Cc4c(OC(C)=O)c(C)c5c(c4[C@H](CO)N3[C@@H](C#N)[C@H](C2)N1C)OCO5.COc1c(C)cc2c(c1O)[C@@H]1[C@@H]3Cc4c(OC(C)=O)c(C)c5c(c4[C@H](CO)N3[C@@H](C#N)[C@H](C2)N1C)OCO5. The van der Waals surface area contributed by atoms with Crippen molar-refractivity contribution in [3.8, 4) is 69.6 Å². The summed E-state index contributed by atoms with van der Waals surface area (Å²) in [4.78, 5) is 33.0. The van der Waals surface area contributed by atoms with Crippen LogP contribution in [0.1, 0.15) is 105 Å². The maximum absolute atomic E-state index is 12.3. The van der Waals surface area contributed by atoms with Gasteiger partial charge in [0, 0.05) is 89.6 Å². The number of aliphatic hydroxyl groups excluding tert-OH is 2. The highest BCUT2D eigenvalue weighted by Crippen LogP contribution is 2.61. The Hall–Kier alpha value is -7.08. The second kappa shape index (κ2) is 20.5. The van der Waals surface area contributed by atoms with Crippen LogP contribution in [0.15, 0.2) is 12.1 Å². The van der Waals surface area contributed by atoms with Crippen molar-refractivity contribution in [1.29, 1.82) is 10.5 Å². The molecule has 4 aromatic rings. The number of ether oxygens (including phenoxy) is 10. The molecule has 4 bridgehead atoms. The van der Waals surface area contributed by atoms with E-state index in [2.05, 4.69) is 37.8 Å². The average molecular weight is 1090 g/mol. The van der Waals surface area contributed by atoms with Gasteiger partial charge in [-0.05, 0) is 89.7 Å². The number of esters is 2. The first-order valence-electron chi connectivity index (χ1n) is 26.5. The van der Waals surface area contributed by atoms with Crippen LogP contribution in [0.5, 0.6) is 57.5 Å². The molecule has 79 heavy (non-hydrogen) atoms. The average Bonchev–Trinajstić information content (AvgIpc) is 4.18. The van der Waals surface area contributed by atoms with E-state index in [0.29, 0.717) is 99.7 Å². The van der Waals surface area contributed by atoms with E-state index in [1.165, 1.54) is 21.0 Å². The summed E-state index contributed by atoms with van der Waals surface area (Å²) in [7, 11) is 8.75. The van der Waals surface area contributed by atoms with Crippen molar-refractivity contribution >= 4 is 11.9 Å². The van der Waals surface area contributed by atoms with Gasteiger partial charge in [0.1, 0.15) is 23.6 Å². The topological polar surface area (TPSA) is 248 Å². The number of aliphatic hydroxyl groups is 2. The number of likely N-dealkylation sites (N-methyl/N-ethyl adjacent to an activating group) is 2. The zero-order chi connectivity index (χ0) is 56.2. The third kappa shape index (κ3) is 8.02. The molecule has 2 fully saturated rings. The molecule has 0 radical (unpaired) electrons. The molecular formula is C58H66N6O15. The van der Waals surface area contributed by atoms with Crippen LogP contribution < -0.4 is 42.6 Å². The Bertz CT molecular complexity index is 3280. The number of aryl methyl sites for hydroxylation is 2. The van der Waals surface area contributed by atoms with Gasteiger partial charge < -0.3 is 62.7 Å². The molecule has 21 nitrogen and oxygen atoms in total. The van der Waals surface area contributed by atoms with Gasteiger partial charge in [-0.3, -0.25) is 29.2 Å². The molecular weight excluding hydrogens is 1020 g/mol. The Morgan fingerprint density at radius 2 is 1.04 bits per heavy atom. The number of rotatable bonds is 9. The lowest BCUT2D eigenvalue weighted by atomic mass is 9.71. The predicted molar refractivity (Wildman–Crippen MR) is 280 cm³/mol. The maximum Gasteiger partial charge on any atom is 0.308 e. The molecule has 0 aromatic heterocycles. The third-order valence-electron chi connectivity index (χ3n) is 17.7. The largest absolute Gasteiger partial charge is 0.504 e. The number of nitriles is 2. The zero-order valence-electron chi connectivity index (χ0n) is 46.2. The van der Waals surface area contributed by atoms with Crippen molar-refractivity contribution in [2.45, 2.75) is 128 Å². The fourth-order valence-electron chi connectivity index (χ4n) is 14.8. The van der Waals surface area contributed by atoms with Crippen molar-refractivity contribution in [3.63, 3.8) is 0 Å². The number of piperazine rings is 2. The monoisotopic (exact) mass is 1090 g/mol. The number of fused-ring (bicyclic) bond motifs is 18. The number of carbonyl (C=O) groups is 2. The zero-order valence-corrected chi connectivity index (χ0v) is 46.2. The van der Waals surface area contributed by atoms with Gasteiger partial charge in [-0.25, -0.2) is 0 Å². The number of hydrogen-bond donors (Lipinski definition) is 3. The lowest BCUT2D eigenvalue weighted by Gasteiger charge is -2.59. The molecule has 0 amide bonds. The third-order valence-corrected chi connectivity index (χ3v) is 17.7. The van der Waals surface area contributed by atoms with Gasteiger partial charge in [0.2, 0.25) is 13.6 Å². The Labute approximate surface area is 458 Å². The Morgan fingerprint density at radius 3 is 1.46 bits per heavy atom. The first kappa shape index (κ1) is 53.9. The van der Waals surface area contributed by atoms with Gasteiger partial charge in [0.15, 0.2) is 52.8 Å². The summed E-state index contributed by atoms with van der Waals surface area (Å²) in [6.07, 6.45) is 2.02. The number of phenolic OH excluding ortho intramolecular Hbond substituents is 1. The Balaban J connectivity index is 0.000000168. The minimum absolute atomic E-state index is 0.0176. The summed E-state index contributed by atoms with van der Waals surface area (Å²) in [5, 5.41) is 54.3. The first-order valence-corrected chi connectivity index (χ1v) is 26.5. The molecule has 0 spiro atoms. The van der Waals surface area contributed by atoms with Crippen molar-refractivity contribution in [2.75, 3.05) is 69.0 Å². The van der Waals surface area contributed by atoms with Gasteiger partial charge in [-0.2, -0.15) is 10.5 Å². The molecule has 4 aromatic carbocycles. The summed E-state index contributed by atoms with van der Waals surface area (Å²) in [5.74, 6) is 3.72. The van der Waals surface area contributed by atoms with Crippen molar-refractivity contribution in [1.82, 2.24) is 19.6 Å². The quantitative estimate of drug-likeness (QED) is 0.111. The van der Waals surface area contributed by atoms with Crippen LogP contribution in [0.25, 0.3) is 0 Å². The van der Waals surface area contributed by atoms with Crippen LogP contribution in [0.3, 0.4) is 0 Å². The molecule has 12 rings (SSSR count). The fourth-order valence-corrected chi connectivity index (χ4v) is 14.8. The number of benzene rings is 4. The lowest BCUT2D eigenvalue weighted by Crippen LogP contribution is -2.68. The number of hydrogen-bond acceptors (Lipinski definition) is 21. The highest BCUT2D eigenvalue weighted by molar-refractivity contribution is 5.76. The van der Waals surface area contributed by atoms with Crippen molar-refractivity contribution in [3.05, 3.63) is 78.9 Å². The molecule has 21 heteroatoms. The molecule has 8 aliphatic heterocycles. The predicted octanol–water partition coefficient (Wildman–Crippen LogP) is 5.15. The van der Waals surface area contributed by atoms with Gasteiger partial charge >= 0.3 is 11.9 Å². The van der Waals surface area contributed by atoms with Crippen molar-refractivity contribution in [2.24, 2.45) is 0 Å². The van der Waals surface area contributed by atoms with Crippen LogP contribution in [0, 0.1) is 50.4 Å². The number of phenols is 1. The summed E-state index contributed by atoms with van der Waals surface area (Å²) < 4.78 is 57.8. The van der Waals surface area contributed by atoms with Crippen LogP contribution in [-0.4, -0.2) is 152 Å². The van der Waals surface area contributed by atoms with Crippen molar-refractivity contribution < 1.29 is 72.3 Å². The van der Waals surface area contributed by atoms with Gasteiger partial charge in [-0.15, -0.1) is 0 Å². The molecule has 3 N–H and O–H groups in total. The van der Waals surface area contributed by atoms with Crippen LogP contribution in [-0.2, 0) is 40.0 Å². The van der Waals surface area contributed by atoms with E-state index >= 15 is 0 Å². The van der Waals surface area contributed by atoms with Crippen LogP contribution in [0.2, 0.25) is 0 Å². The summed E-state index contributed by atoms with van der Waals surface area (Å²) in [6.45, 7) is 9.81. The van der Waals surface area contributed by atoms with E-state index < -0.39 is 36.1 Å². The molecule has 8 heterocycles. The van der Waals surface area contributed by atoms with Crippen LogP contribution >= 0.6 is 0 Å². The molecule has 0 unspecified atom stereocenters. The Kier molecular flexibility index (Phi) is 14.0. The summed E-state index contributed by atoms with van der Waals surface area (Å²) in [6, 6.07) is 5.55. The van der Waals surface area contributed by atoms with E-state index in [1.807, 2.05) is 47.9 Å². The van der Waals surface area contributed by atoms with E-state index in [-0.39, 0.29) is 75.6 Å². The van der Waals surface area contributed by atoms with E-state index in [0.717, 1.165) is 44.5 Å². The number of methoxy groups -OCH3 is 3. The molecule has 2 saturated heterocycles. The highest BCUT2D eigenvalue weighted by Gasteiger charge is 2.59. The van der Waals surface area contributed by atoms with E-state index in [4.69, 9.17) is 47.4 Å². The number of carbonyl (C=O) groups excluding carboxylic acids is 2. The van der Waals surface area contributed by atoms with Gasteiger partial charge in [0.05, 0.1) is 63.7 Å². The highest BCUT2D eigenvalue weighted by atomic mass is 16.7. The van der Waals surface area contributed by atoms with E-state index in [1.54, 1.807) is 14.2 Å². The van der Waals surface area contributed by atoms with Crippen LogP contribution in [0.4, 0.5) is 0 Å². The second-order valence-corrected chi connectivity index (χ2v) is 21.6. The fraction of sp³-hybridized carbons (Fsp3) is 0.517. The number of nitrogens with zero attached hydrogens (tertiary/aromatic N) is 6. The maximum atomic E-state index is 12.3. The number of aromatic hydroxyl groups is 1. The summed E-state index contributed by atoms with van der Waals surface area (Å²) >= 11 is 0. The van der Waals surface area contributed by atoms with Gasteiger partial charge in [0.25, 0.3) is 0 Å². The second-order valence-electron chi connectivity index (χ2n) is 21.6. The standard InChI is InChI=1S/C30H35N3O8.C28H31N3O7/c1-14-7-17-8-19-21(10-31)33-20(25(32(19)4)23(17)29(26(14)37-6)38-12-36-5)9-18-24(22(33)11-34)30-28(39-13-40-30)15(2)27(18)41-16(3)35;1-12-6-15-7-17-19(9-29)31-18(23(30(17)4)21(15)24(34)25(12)35-5)8-16-22(20(31)10-32)28-27(36-11-37-28)13(2)26(16)38-14(3)33/h7,19-22,25,34H,8-9,11-13H2,1-6H3;6,17-20,23,32,34H,7-8,10-11H2,1-5H3/t19-,20-,21-,22-,25-;17-,18-,19-,20-,23-/m00/s1. The molecule has 0 aliphatic carbocycles. The summed E-state index contributed by atoms with van der Waals surface area (Å²) in [5.41, 5.74) is 9.83. The van der Waals surface area contributed by atoms with E-state index in [9.17, 15) is 35.4 Å². The first-order chi connectivity index (χ1) is 38.0. The molecule has 8 aliphatic rings. The lowest BCUT2D eigenvalue weighted by molar-refractivity contribution is -0.133.